The minimum atomic E-state index is -0.267. The Bertz CT molecular complexity index is 931. The van der Waals surface area contributed by atoms with Gasteiger partial charge in [-0.2, -0.15) is 0 Å². The Balaban J connectivity index is 1.77. The van der Waals surface area contributed by atoms with Crippen LogP contribution >= 0.6 is 23.1 Å². The van der Waals surface area contributed by atoms with Crippen molar-refractivity contribution in [2.24, 2.45) is 0 Å². The molecule has 0 fully saturated rings. The van der Waals surface area contributed by atoms with Gasteiger partial charge in [0.1, 0.15) is 17.6 Å². The fourth-order valence-corrected chi connectivity index (χ4v) is 3.67. The number of anilines is 1. The van der Waals surface area contributed by atoms with E-state index in [1.54, 1.807) is 0 Å². The lowest BCUT2D eigenvalue weighted by atomic mass is 10.1. The molecule has 3 aromatic rings. The third-order valence-electron chi connectivity index (χ3n) is 3.50. The maximum absolute atomic E-state index is 12.4. The van der Waals surface area contributed by atoms with Gasteiger partial charge in [-0.15, -0.1) is 11.3 Å². The molecular weight excluding hydrogens is 344 g/mol. The van der Waals surface area contributed by atoms with Crippen LogP contribution in [-0.2, 0) is 17.8 Å². The van der Waals surface area contributed by atoms with Gasteiger partial charge in [0.2, 0.25) is 5.91 Å². The summed E-state index contributed by atoms with van der Waals surface area (Å²) >= 11 is 2.77. The zero-order chi connectivity index (χ0) is 17.1. The SMILES string of the molecule is CCc1ccc(NC(=O)Cn2cnc3nc(SC)sc3c2=O)cc1. The number of thiazole rings is 1. The number of carbonyl (C=O) groups is 1. The van der Waals surface area contributed by atoms with E-state index in [4.69, 9.17) is 0 Å². The minimum Gasteiger partial charge on any atom is -0.325 e. The van der Waals surface area contributed by atoms with Crippen molar-refractivity contribution in [3.63, 3.8) is 0 Å². The first-order chi connectivity index (χ1) is 11.6. The van der Waals surface area contributed by atoms with Gasteiger partial charge >= 0.3 is 0 Å². The second kappa shape index (κ2) is 7.14. The molecule has 1 aromatic carbocycles. The highest BCUT2D eigenvalue weighted by atomic mass is 32.2. The van der Waals surface area contributed by atoms with Crippen LogP contribution < -0.4 is 10.9 Å². The van der Waals surface area contributed by atoms with Gasteiger partial charge in [-0.25, -0.2) is 9.97 Å². The van der Waals surface area contributed by atoms with Gasteiger partial charge in [0.05, 0.1) is 0 Å². The number of hydrogen-bond acceptors (Lipinski definition) is 6. The average Bonchev–Trinajstić information content (AvgIpc) is 3.02. The largest absolute Gasteiger partial charge is 0.325 e. The molecule has 0 aliphatic heterocycles. The predicted octanol–water partition coefficient (Wildman–Crippen LogP) is 2.78. The molecule has 2 aromatic heterocycles. The van der Waals surface area contributed by atoms with Gasteiger partial charge in [-0.3, -0.25) is 14.2 Å². The zero-order valence-corrected chi connectivity index (χ0v) is 14.9. The van der Waals surface area contributed by atoms with Crippen LogP contribution in [0.4, 0.5) is 5.69 Å². The van der Waals surface area contributed by atoms with E-state index >= 15 is 0 Å². The molecule has 1 N–H and O–H groups in total. The van der Waals surface area contributed by atoms with Gasteiger partial charge in [0.15, 0.2) is 9.99 Å². The molecule has 0 spiro atoms. The monoisotopic (exact) mass is 360 g/mol. The van der Waals surface area contributed by atoms with Crippen molar-refractivity contribution < 1.29 is 4.79 Å². The Morgan fingerprint density at radius 2 is 2.08 bits per heavy atom. The van der Waals surface area contributed by atoms with Crippen molar-refractivity contribution in [1.82, 2.24) is 14.5 Å². The van der Waals surface area contributed by atoms with Gasteiger partial charge in [-0.05, 0) is 30.4 Å². The number of nitrogens with zero attached hydrogens (tertiary/aromatic N) is 3. The molecule has 0 bridgehead atoms. The van der Waals surface area contributed by atoms with Crippen molar-refractivity contribution in [2.45, 2.75) is 24.2 Å². The van der Waals surface area contributed by atoms with E-state index in [0.29, 0.717) is 16.0 Å². The highest BCUT2D eigenvalue weighted by molar-refractivity contribution is 8.00. The summed E-state index contributed by atoms with van der Waals surface area (Å²) in [6.07, 6.45) is 4.21. The number of benzene rings is 1. The molecule has 0 atom stereocenters. The fraction of sp³-hybridized carbons (Fsp3) is 0.250. The molecular formula is C16H16N4O2S2. The van der Waals surface area contributed by atoms with Crippen LogP contribution in [0.1, 0.15) is 12.5 Å². The molecule has 0 saturated heterocycles. The molecule has 1 amide bonds. The maximum atomic E-state index is 12.4. The first-order valence-electron chi connectivity index (χ1n) is 7.39. The van der Waals surface area contributed by atoms with Crippen LogP contribution in [0, 0.1) is 0 Å². The number of aromatic nitrogens is 3. The number of amides is 1. The van der Waals surface area contributed by atoms with E-state index < -0.39 is 0 Å². The molecule has 0 radical (unpaired) electrons. The highest BCUT2D eigenvalue weighted by Gasteiger charge is 2.12. The molecule has 0 saturated carbocycles. The molecule has 24 heavy (non-hydrogen) atoms. The molecule has 0 aliphatic rings. The third-order valence-corrected chi connectivity index (χ3v) is 5.52. The number of rotatable bonds is 5. The molecule has 0 unspecified atom stereocenters. The van der Waals surface area contributed by atoms with Crippen LogP contribution in [0.2, 0.25) is 0 Å². The number of carbonyl (C=O) groups excluding carboxylic acids is 1. The average molecular weight is 360 g/mol. The van der Waals surface area contributed by atoms with E-state index in [1.807, 2.05) is 30.5 Å². The standard InChI is InChI=1S/C16H16N4O2S2/c1-3-10-4-6-11(7-5-10)18-12(21)8-20-9-17-14-13(15(20)22)24-16(19-14)23-2/h4-7,9H,3,8H2,1-2H3,(H,18,21). The molecule has 2 heterocycles. The van der Waals surface area contributed by atoms with Crippen LogP contribution in [-0.4, -0.2) is 26.7 Å². The van der Waals surface area contributed by atoms with Crippen LogP contribution in [0.25, 0.3) is 10.3 Å². The van der Waals surface area contributed by atoms with Gasteiger partial charge in [0, 0.05) is 5.69 Å². The lowest BCUT2D eigenvalue weighted by molar-refractivity contribution is -0.116. The summed E-state index contributed by atoms with van der Waals surface area (Å²) in [6, 6.07) is 7.65. The number of nitrogens with one attached hydrogen (secondary N) is 1. The minimum absolute atomic E-state index is 0.0796. The normalized spacial score (nSPS) is 10.9. The third kappa shape index (κ3) is 3.49. The summed E-state index contributed by atoms with van der Waals surface area (Å²) in [5.41, 5.74) is 2.10. The number of hydrogen-bond donors (Lipinski definition) is 1. The molecule has 124 valence electrons. The summed E-state index contributed by atoms with van der Waals surface area (Å²) in [4.78, 5) is 33.0. The summed E-state index contributed by atoms with van der Waals surface area (Å²) in [6.45, 7) is 1.99. The van der Waals surface area contributed by atoms with E-state index in [2.05, 4.69) is 22.2 Å². The molecule has 6 nitrogen and oxygen atoms in total. The fourth-order valence-electron chi connectivity index (χ4n) is 2.21. The second-order valence-corrected chi connectivity index (χ2v) is 7.17. The Hall–Kier alpha value is -2.19. The van der Waals surface area contributed by atoms with Crippen LogP contribution in [0.15, 0.2) is 39.7 Å². The topological polar surface area (TPSA) is 76.9 Å². The molecule has 0 aliphatic carbocycles. The van der Waals surface area contributed by atoms with E-state index in [-0.39, 0.29) is 18.0 Å². The van der Waals surface area contributed by atoms with Gasteiger partial charge in [0.25, 0.3) is 5.56 Å². The van der Waals surface area contributed by atoms with Crippen LogP contribution in [0.5, 0.6) is 0 Å². The lowest BCUT2D eigenvalue weighted by Gasteiger charge is -2.07. The van der Waals surface area contributed by atoms with Crippen molar-refractivity contribution in [2.75, 3.05) is 11.6 Å². The molecule has 8 heteroatoms. The Morgan fingerprint density at radius 3 is 2.75 bits per heavy atom. The van der Waals surface area contributed by atoms with E-state index in [1.165, 1.54) is 39.6 Å². The Morgan fingerprint density at radius 1 is 1.33 bits per heavy atom. The smallest absolute Gasteiger partial charge is 0.273 e. The van der Waals surface area contributed by atoms with E-state index in [0.717, 1.165) is 10.8 Å². The Kier molecular flexibility index (Phi) is 4.96. The van der Waals surface area contributed by atoms with Crippen LogP contribution in [0.3, 0.4) is 0 Å². The quantitative estimate of drug-likeness (QED) is 0.708. The van der Waals surface area contributed by atoms with Crippen molar-refractivity contribution >= 4 is 45.0 Å². The second-order valence-electron chi connectivity index (χ2n) is 5.11. The van der Waals surface area contributed by atoms with Crippen molar-refractivity contribution in [3.05, 3.63) is 46.5 Å². The summed E-state index contributed by atoms with van der Waals surface area (Å²) < 4.78 is 2.56. The number of aryl methyl sites for hydroxylation is 1. The maximum Gasteiger partial charge on any atom is 0.273 e. The van der Waals surface area contributed by atoms with E-state index in [9.17, 15) is 9.59 Å². The first kappa shape index (κ1) is 16.7. The summed E-state index contributed by atoms with van der Waals surface area (Å²) in [7, 11) is 0. The van der Waals surface area contributed by atoms with Gasteiger partial charge in [-0.1, -0.05) is 30.8 Å². The van der Waals surface area contributed by atoms with Crippen molar-refractivity contribution in [1.29, 1.82) is 0 Å². The zero-order valence-electron chi connectivity index (χ0n) is 13.3. The highest BCUT2D eigenvalue weighted by Crippen LogP contribution is 2.24. The lowest BCUT2D eigenvalue weighted by Crippen LogP contribution is -2.27. The Labute approximate surface area is 147 Å². The summed E-state index contributed by atoms with van der Waals surface area (Å²) in [5.74, 6) is -0.267. The van der Waals surface area contributed by atoms with Crippen molar-refractivity contribution in [3.8, 4) is 0 Å². The number of thioether (sulfide) groups is 1. The predicted molar refractivity (Wildman–Crippen MR) is 97.9 cm³/mol. The van der Waals surface area contributed by atoms with Gasteiger partial charge < -0.3 is 5.32 Å². The summed E-state index contributed by atoms with van der Waals surface area (Å²) in [5, 5.41) is 2.79. The molecule has 3 rings (SSSR count). The first-order valence-corrected chi connectivity index (χ1v) is 9.43. The number of fused-ring (bicyclic) bond motifs is 1.